The fourth-order valence-corrected chi connectivity index (χ4v) is 3.06. The monoisotopic (exact) mass is 265 g/mol. The molecule has 0 saturated carbocycles. The van der Waals surface area contributed by atoms with E-state index in [2.05, 4.69) is 21.8 Å². The van der Waals surface area contributed by atoms with Gasteiger partial charge in [0.25, 0.3) is 0 Å². The van der Waals surface area contributed by atoms with Gasteiger partial charge < -0.3 is 19.4 Å². The first-order chi connectivity index (χ1) is 9.28. The normalized spacial score (nSPS) is 27.3. The predicted molar refractivity (Wildman–Crippen MR) is 72.2 cm³/mol. The van der Waals surface area contributed by atoms with E-state index < -0.39 is 0 Å². The highest BCUT2D eigenvalue weighted by atomic mass is 16.6. The third-order valence-corrected chi connectivity index (χ3v) is 4.32. The Hall–Kier alpha value is -0.910. The van der Waals surface area contributed by atoms with Crippen LogP contribution in [0, 0.1) is 0 Å². The van der Waals surface area contributed by atoms with E-state index in [1.165, 1.54) is 18.5 Å². The SMILES string of the molecule is CC1(c2cncn2CC2COCCO2)CCNCC1. The van der Waals surface area contributed by atoms with E-state index in [4.69, 9.17) is 9.47 Å². The zero-order valence-electron chi connectivity index (χ0n) is 11.6. The summed E-state index contributed by atoms with van der Waals surface area (Å²) in [7, 11) is 0. The van der Waals surface area contributed by atoms with Crippen LogP contribution in [0.15, 0.2) is 12.5 Å². The van der Waals surface area contributed by atoms with Gasteiger partial charge in [-0.15, -0.1) is 0 Å². The van der Waals surface area contributed by atoms with Gasteiger partial charge >= 0.3 is 0 Å². The molecular formula is C14H23N3O2. The van der Waals surface area contributed by atoms with Crippen molar-refractivity contribution in [3.63, 3.8) is 0 Å². The zero-order valence-corrected chi connectivity index (χ0v) is 11.6. The van der Waals surface area contributed by atoms with Crippen LogP contribution in [0.5, 0.6) is 0 Å². The van der Waals surface area contributed by atoms with E-state index in [1.807, 2.05) is 12.5 Å². The van der Waals surface area contributed by atoms with Gasteiger partial charge in [-0.3, -0.25) is 0 Å². The van der Waals surface area contributed by atoms with Crippen LogP contribution in [0.25, 0.3) is 0 Å². The number of imidazole rings is 1. The lowest BCUT2D eigenvalue weighted by atomic mass is 9.78. The van der Waals surface area contributed by atoms with Crippen molar-refractivity contribution in [2.24, 2.45) is 0 Å². The number of hydrogen-bond acceptors (Lipinski definition) is 4. The molecule has 0 spiro atoms. The second-order valence-corrected chi connectivity index (χ2v) is 5.81. The molecule has 3 rings (SSSR count). The highest BCUT2D eigenvalue weighted by Gasteiger charge is 2.32. The molecule has 2 aliphatic rings. The molecule has 2 saturated heterocycles. The number of aromatic nitrogens is 2. The first-order valence-electron chi connectivity index (χ1n) is 7.19. The van der Waals surface area contributed by atoms with Gasteiger partial charge in [-0.2, -0.15) is 0 Å². The molecule has 2 fully saturated rings. The predicted octanol–water partition coefficient (Wildman–Crippen LogP) is 0.940. The number of piperidine rings is 1. The quantitative estimate of drug-likeness (QED) is 0.883. The Morgan fingerprint density at radius 2 is 2.26 bits per heavy atom. The fraction of sp³-hybridized carbons (Fsp3) is 0.786. The lowest BCUT2D eigenvalue weighted by molar-refractivity contribution is -0.0940. The maximum absolute atomic E-state index is 5.74. The van der Waals surface area contributed by atoms with Gasteiger partial charge in [0.15, 0.2) is 0 Å². The number of rotatable bonds is 3. The molecule has 19 heavy (non-hydrogen) atoms. The van der Waals surface area contributed by atoms with Crippen molar-refractivity contribution in [2.45, 2.75) is 37.8 Å². The summed E-state index contributed by atoms with van der Waals surface area (Å²) in [6.07, 6.45) is 6.45. The third-order valence-electron chi connectivity index (χ3n) is 4.32. The molecule has 0 bridgehead atoms. The van der Waals surface area contributed by atoms with Crippen molar-refractivity contribution >= 4 is 0 Å². The standard InChI is InChI=1S/C14H23N3O2/c1-14(2-4-15-5-3-14)13-8-16-11-17(13)9-12-10-18-6-7-19-12/h8,11-12,15H,2-7,9-10H2,1H3. The van der Waals surface area contributed by atoms with E-state index in [0.29, 0.717) is 13.2 Å². The average Bonchev–Trinajstić information content (AvgIpc) is 2.90. The first kappa shape index (κ1) is 13.1. The number of ether oxygens (including phenoxy) is 2. The van der Waals surface area contributed by atoms with Crippen molar-refractivity contribution in [3.05, 3.63) is 18.2 Å². The van der Waals surface area contributed by atoms with Crippen LogP contribution in [-0.2, 0) is 21.4 Å². The molecule has 3 heterocycles. The molecule has 1 unspecified atom stereocenters. The van der Waals surface area contributed by atoms with Gasteiger partial charge in [0.2, 0.25) is 0 Å². The van der Waals surface area contributed by atoms with Crippen LogP contribution >= 0.6 is 0 Å². The van der Waals surface area contributed by atoms with Gasteiger partial charge in [-0.1, -0.05) is 6.92 Å². The molecule has 0 radical (unpaired) electrons. The van der Waals surface area contributed by atoms with Gasteiger partial charge in [0.1, 0.15) is 0 Å². The molecule has 0 aliphatic carbocycles. The van der Waals surface area contributed by atoms with Gasteiger partial charge in [0, 0.05) is 17.3 Å². The first-order valence-corrected chi connectivity index (χ1v) is 7.19. The Morgan fingerprint density at radius 1 is 1.42 bits per heavy atom. The Labute approximate surface area is 114 Å². The largest absolute Gasteiger partial charge is 0.376 e. The van der Waals surface area contributed by atoms with E-state index in [1.54, 1.807) is 0 Å². The van der Waals surface area contributed by atoms with Gasteiger partial charge in [0.05, 0.1) is 38.8 Å². The van der Waals surface area contributed by atoms with Gasteiger partial charge in [-0.25, -0.2) is 4.98 Å². The number of nitrogens with zero attached hydrogens (tertiary/aromatic N) is 2. The minimum atomic E-state index is 0.159. The van der Waals surface area contributed by atoms with Crippen LogP contribution in [0.4, 0.5) is 0 Å². The maximum Gasteiger partial charge on any atom is 0.0988 e. The summed E-state index contributed by atoms with van der Waals surface area (Å²) >= 11 is 0. The highest BCUT2D eigenvalue weighted by Crippen LogP contribution is 2.32. The smallest absolute Gasteiger partial charge is 0.0988 e. The molecule has 0 amide bonds. The molecular weight excluding hydrogens is 242 g/mol. The van der Waals surface area contributed by atoms with Gasteiger partial charge in [-0.05, 0) is 25.9 Å². The maximum atomic E-state index is 5.74. The highest BCUT2D eigenvalue weighted by molar-refractivity contribution is 5.15. The molecule has 106 valence electrons. The molecule has 1 aromatic heterocycles. The molecule has 1 atom stereocenters. The third kappa shape index (κ3) is 2.83. The Bertz CT molecular complexity index is 407. The molecule has 5 nitrogen and oxygen atoms in total. The number of nitrogens with one attached hydrogen (secondary N) is 1. The summed E-state index contributed by atoms with van der Waals surface area (Å²) in [5, 5.41) is 3.43. The zero-order chi connectivity index (χ0) is 13.1. The van der Waals surface area contributed by atoms with E-state index in [0.717, 1.165) is 26.2 Å². The van der Waals surface area contributed by atoms with Crippen LogP contribution in [0.3, 0.4) is 0 Å². The van der Waals surface area contributed by atoms with Crippen molar-refractivity contribution in [1.82, 2.24) is 14.9 Å². The Kier molecular flexibility index (Phi) is 3.86. The van der Waals surface area contributed by atoms with E-state index >= 15 is 0 Å². The van der Waals surface area contributed by atoms with Crippen molar-refractivity contribution in [2.75, 3.05) is 32.9 Å². The van der Waals surface area contributed by atoms with Crippen molar-refractivity contribution < 1.29 is 9.47 Å². The summed E-state index contributed by atoms with van der Waals surface area (Å²) in [6, 6.07) is 0. The Balaban J connectivity index is 1.73. The second kappa shape index (κ2) is 5.61. The van der Waals surface area contributed by atoms with Crippen LogP contribution in [0.2, 0.25) is 0 Å². The van der Waals surface area contributed by atoms with Crippen LogP contribution in [0.1, 0.15) is 25.5 Å². The Morgan fingerprint density at radius 3 is 3.00 bits per heavy atom. The summed E-state index contributed by atoms with van der Waals surface area (Å²) < 4.78 is 13.5. The fourth-order valence-electron chi connectivity index (χ4n) is 3.06. The summed E-state index contributed by atoms with van der Waals surface area (Å²) in [6.45, 7) is 7.48. The summed E-state index contributed by atoms with van der Waals surface area (Å²) in [4.78, 5) is 4.35. The molecule has 2 aliphatic heterocycles. The minimum Gasteiger partial charge on any atom is -0.376 e. The lowest BCUT2D eigenvalue weighted by Gasteiger charge is -2.35. The molecule has 1 aromatic rings. The summed E-state index contributed by atoms with van der Waals surface area (Å²) in [5.74, 6) is 0. The van der Waals surface area contributed by atoms with Crippen molar-refractivity contribution in [3.8, 4) is 0 Å². The second-order valence-electron chi connectivity index (χ2n) is 5.81. The average molecular weight is 265 g/mol. The molecule has 0 aromatic carbocycles. The summed E-state index contributed by atoms with van der Waals surface area (Å²) in [5.41, 5.74) is 1.57. The van der Waals surface area contributed by atoms with Crippen LogP contribution < -0.4 is 5.32 Å². The van der Waals surface area contributed by atoms with E-state index in [-0.39, 0.29) is 11.5 Å². The van der Waals surface area contributed by atoms with E-state index in [9.17, 15) is 0 Å². The molecule has 5 heteroatoms. The number of hydrogen-bond donors (Lipinski definition) is 1. The minimum absolute atomic E-state index is 0.159. The molecule has 1 N–H and O–H groups in total. The topological polar surface area (TPSA) is 48.3 Å². The lowest BCUT2D eigenvalue weighted by Crippen LogP contribution is -2.40. The van der Waals surface area contributed by atoms with Crippen LogP contribution in [-0.4, -0.2) is 48.6 Å². The van der Waals surface area contributed by atoms with Crippen molar-refractivity contribution in [1.29, 1.82) is 0 Å².